The lowest BCUT2D eigenvalue weighted by Crippen LogP contribution is -2.29. The lowest BCUT2D eigenvalue weighted by Gasteiger charge is -2.25. The first kappa shape index (κ1) is 9.97. The minimum atomic E-state index is 1.06. The molecule has 13 heavy (non-hydrogen) atoms. The van der Waals surface area contributed by atoms with Gasteiger partial charge in [0.25, 0.3) is 0 Å². The van der Waals surface area contributed by atoms with Crippen LogP contribution in [0.3, 0.4) is 0 Å². The lowest BCUT2D eigenvalue weighted by molar-refractivity contribution is 0.575. The molecular weight excluding hydrogens is 317 g/mol. The maximum Gasteiger partial charge on any atom is 0.209 e. The Bertz CT molecular complexity index is 272. The van der Waals surface area contributed by atoms with Crippen LogP contribution in [0.1, 0.15) is 19.3 Å². The van der Waals surface area contributed by atoms with Crippen molar-refractivity contribution in [3.63, 3.8) is 0 Å². The average molecular weight is 327 g/mol. The van der Waals surface area contributed by atoms with Crippen LogP contribution in [-0.2, 0) is 0 Å². The Morgan fingerprint density at radius 3 is 2.62 bits per heavy atom. The highest BCUT2D eigenvalue weighted by Crippen LogP contribution is 2.32. The van der Waals surface area contributed by atoms with Crippen molar-refractivity contribution in [3.8, 4) is 0 Å². The Balaban J connectivity index is 2.05. The molecular formula is C7H10IN3S2. The van der Waals surface area contributed by atoms with Gasteiger partial charge < -0.3 is 4.90 Å². The smallest absolute Gasteiger partial charge is 0.209 e. The molecule has 1 aromatic rings. The summed E-state index contributed by atoms with van der Waals surface area (Å²) in [5.41, 5.74) is 0. The molecule has 0 aliphatic carbocycles. The van der Waals surface area contributed by atoms with E-state index in [0.29, 0.717) is 0 Å². The fourth-order valence-electron chi connectivity index (χ4n) is 1.45. The second-order valence-corrected chi connectivity index (χ2v) is 6.05. The molecule has 1 aliphatic heterocycles. The first-order chi connectivity index (χ1) is 6.40. The Morgan fingerprint density at radius 2 is 2.00 bits per heavy atom. The van der Waals surface area contributed by atoms with Crippen LogP contribution in [0.25, 0.3) is 0 Å². The van der Waals surface area contributed by atoms with Gasteiger partial charge in [0.15, 0.2) is 4.34 Å². The molecule has 0 N–H and O–H groups in total. The number of halogens is 1. The molecule has 2 heterocycles. The van der Waals surface area contributed by atoms with Crippen LogP contribution in [-0.4, -0.2) is 23.3 Å². The Kier molecular flexibility index (Phi) is 3.67. The van der Waals surface area contributed by atoms with E-state index < -0.39 is 0 Å². The molecule has 2 rings (SSSR count). The zero-order chi connectivity index (χ0) is 9.10. The standard InChI is InChI=1S/C7H10IN3S2/c8-13-7-10-9-6(12-7)11-4-2-1-3-5-11/h1-5H2. The maximum atomic E-state index is 4.18. The summed E-state index contributed by atoms with van der Waals surface area (Å²) in [5, 5.41) is 9.37. The van der Waals surface area contributed by atoms with E-state index in [0.717, 1.165) is 22.6 Å². The van der Waals surface area contributed by atoms with Gasteiger partial charge in [-0.25, -0.2) is 0 Å². The molecule has 0 bridgehead atoms. The van der Waals surface area contributed by atoms with Crippen LogP contribution in [0.2, 0.25) is 0 Å². The van der Waals surface area contributed by atoms with Crippen molar-refractivity contribution in [2.24, 2.45) is 0 Å². The number of rotatable bonds is 2. The summed E-state index contributed by atoms with van der Waals surface area (Å²) in [6.45, 7) is 2.31. The molecule has 0 unspecified atom stereocenters. The van der Waals surface area contributed by atoms with Crippen molar-refractivity contribution in [2.45, 2.75) is 23.6 Å². The summed E-state index contributed by atoms with van der Waals surface area (Å²) in [6.07, 6.45) is 3.96. The number of hydrogen-bond donors (Lipinski definition) is 0. The fraction of sp³-hybridized carbons (Fsp3) is 0.714. The van der Waals surface area contributed by atoms with E-state index >= 15 is 0 Å². The number of nitrogens with zero attached hydrogens (tertiary/aromatic N) is 3. The van der Waals surface area contributed by atoms with Gasteiger partial charge >= 0.3 is 0 Å². The molecule has 1 aliphatic rings. The monoisotopic (exact) mass is 327 g/mol. The molecule has 1 aromatic heterocycles. The third kappa shape index (κ3) is 2.47. The number of aromatic nitrogens is 2. The third-order valence-corrected chi connectivity index (χ3v) is 5.73. The average Bonchev–Trinajstić information content (AvgIpc) is 2.67. The summed E-state index contributed by atoms with van der Waals surface area (Å²) in [7, 11) is 1.64. The van der Waals surface area contributed by atoms with Crippen LogP contribution in [0.15, 0.2) is 4.34 Å². The molecule has 1 saturated heterocycles. The van der Waals surface area contributed by atoms with Crippen molar-refractivity contribution in [1.82, 2.24) is 10.2 Å². The summed E-state index contributed by atoms with van der Waals surface area (Å²) >= 11 is 3.94. The summed E-state index contributed by atoms with van der Waals surface area (Å²) in [4.78, 5) is 2.34. The van der Waals surface area contributed by atoms with Crippen LogP contribution in [0.5, 0.6) is 0 Å². The summed E-state index contributed by atoms with van der Waals surface area (Å²) in [6, 6.07) is 0. The van der Waals surface area contributed by atoms with E-state index in [1.807, 2.05) is 0 Å². The number of hydrogen-bond acceptors (Lipinski definition) is 5. The predicted molar refractivity (Wildman–Crippen MR) is 65.9 cm³/mol. The van der Waals surface area contributed by atoms with E-state index in [9.17, 15) is 0 Å². The van der Waals surface area contributed by atoms with Crippen molar-refractivity contribution in [1.29, 1.82) is 0 Å². The quantitative estimate of drug-likeness (QED) is 0.781. The minimum absolute atomic E-state index is 1.06. The zero-order valence-corrected chi connectivity index (χ0v) is 10.9. The molecule has 0 atom stereocenters. The van der Waals surface area contributed by atoms with Crippen LogP contribution in [0, 0.1) is 0 Å². The topological polar surface area (TPSA) is 29.0 Å². The molecule has 0 amide bonds. The highest BCUT2D eigenvalue weighted by molar-refractivity contribution is 14.2. The van der Waals surface area contributed by atoms with Crippen molar-refractivity contribution in [2.75, 3.05) is 18.0 Å². The highest BCUT2D eigenvalue weighted by atomic mass is 127. The number of anilines is 1. The zero-order valence-electron chi connectivity index (χ0n) is 7.07. The van der Waals surface area contributed by atoms with Gasteiger partial charge in [0.05, 0.1) is 0 Å². The van der Waals surface area contributed by atoms with Crippen molar-refractivity contribution in [3.05, 3.63) is 0 Å². The highest BCUT2D eigenvalue weighted by Gasteiger charge is 2.14. The molecule has 0 spiro atoms. The van der Waals surface area contributed by atoms with Gasteiger partial charge in [-0.05, 0) is 28.2 Å². The first-order valence-electron chi connectivity index (χ1n) is 4.27. The second-order valence-electron chi connectivity index (χ2n) is 2.98. The van der Waals surface area contributed by atoms with Crippen LogP contribution in [0.4, 0.5) is 5.13 Å². The molecule has 3 nitrogen and oxygen atoms in total. The summed E-state index contributed by atoms with van der Waals surface area (Å²) < 4.78 is 1.06. The van der Waals surface area contributed by atoms with Gasteiger partial charge in [0.1, 0.15) is 0 Å². The molecule has 0 saturated carbocycles. The van der Waals surface area contributed by atoms with Crippen LogP contribution >= 0.6 is 41.5 Å². The van der Waals surface area contributed by atoms with E-state index in [1.165, 1.54) is 19.3 Å². The third-order valence-electron chi connectivity index (χ3n) is 2.09. The largest absolute Gasteiger partial charge is 0.347 e. The molecule has 6 heteroatoms. The maximum absolute atomic E-state index is 4.18. The van der Waals surface area contributed by atoms with Gasteiger partial charge in [0, 0.05) is 34.3 Å². The molecule has 72 valence electrons. The fourth-order valence-corrected chi connectivity index (χ4v) is 3.57. The predicted octanol–water partition coefficient (Wildman–Crippen LogP) is 2.97. The summed E-state index contributed by atoms with van der Waals surface area (Å²) in [5.74, 6) is 0. The van der Waals surface area contributed by atoms with Gasteiger partial charge in [-0.1, -0.05) is 11.3 Å². The van der Waals surface area contributed by atoms with E-state index in [-0.39, 0.29) is 0 Å². The van der Waals surface area contributed by atoms with Crippen molar-refractivity contribution < 1.29 is 0 Å². The van der Waals surface area contributed by atoms with Gasteiger partial charge in [-0.15, -0.1) is 10.2 Å². The minimum Gasteiger partial charge on any atom is -0.347 e. The van der Waals surface area contributed by atoms with Gasteiger partial charge in [-0.2, -0.15) is 0 Å². The Hall–Kier alpha value is 0.440. The lowest BCUT2D eigenvalue weighted by atomic mass is 10.1. The Labute approximate surface area is 97.9 Å². The Morgan fingerprint density at radius 1 is 1.23 bits per heavy atom. The van der Waals surface area contributed by atoms with E-state index in [2.05, 4.69) is 36.3 Å². The van der Waals surface area contributed by atoms with E-state index in [1.54, 1.807) is 20.3 Å². The molecule has 0 radical (unpaired) electrons. The molecule has 0 aromatic carbocycles. The van der Waals surface area contributed by atoms with Gasteiger partial charge in [-0.3, -0.25) is 0 Å². The van der Waals surface area contributed by atoms with E-state index in [4.69, 9.17) is 0 Å². The van der Waals surface area contributed by atoms with Gasteiger partial charge in [0.2, 0.25) is 5.13 Å². The first-order valence-corrected chi connectivity index (χ1v) is 8.45. The SMILES string of the molecule is ISc1nnc(N2CCCCC2)s1. The normalized spacial score (nSPS) is 17.8. The van der Waals surface area contributed by atoms with Crippen molar-refractivity contribution >= 4 is 46.6 Å². The number of piperidine rings is 1. The van der Waals surface area contributed by atoms with Crippen LogP contribution < -0.4 is 4.90 Å². The second kappa shape index (κ2) is 4.79. The molecule has 1 fully saturated rings.